The molecule has 2 N–H and O–H groups in total. The van der Waals surface area contributed by atoms with Crippen molar-refractivity contribution in [3.05, 3.63) is 64.7 Å². The highest BCUT2D eigenvalue weighted by Crippen LogP contribution is 2.22. The summed E-state index contributed by atoms with van der Waals surface area (Å²) in [6, 6.07) is 13.6. The lowest BCUT2D eigenvalue weighted by Crippen LogP contribution is -2.44. The van der Waals surface area contributed by atoms with E-state index in [9.17, 15) is 9.59 Å². The van der Waals surface area contributed by atoms with Crippen LogP contribution < -0.4 is 15.6 Å². The van der Waals surface area contributed by atoms with Crippen molar-refractivity contribution in [2.24, 2.45) is 0 Å². The Bertz CT molecular complexity index is 784. The predicted octanol–water partition coefficient (Wildman–Crippen LogP) is 2.64. The molecule has 2 aromatic rings. The first-order valence-corrected chi connectivity index (χ1v) is 8.98. The van der Waals surface area contributed by atoms with Gasteiger partial charge in [0.2, 0.25) is 5.91 Å². The van der Waals surface area contributed by atoms with E-state index in [1.807, 2.05) is 25.1 Å². The maximum absolute atomic E-state index is 12.0. The molecule has 2 aromatic carbocycles. The molecular weight excluding hydrogens is 328 g/mol. The van der Waals surface area contributed by atoms with Gasteiger partial charge in [-0.3, -0.25) is 20.4 Å². The number of rotatable bonds is 5. The summed E-state index contributed by atoms with van der Waals surface area (Å²) in [6.45, 7) is 1.83. The Morgan fingerprint density at radius 3 is 2.38 bits per heavy atom. The zero-order chi connectivity index (χ0) is 18.4. The Labute approximate surface area is 153 Å². The van der Waals surface area contributed by atoms with Crippen LogP contribution in [-0.2, 0) is 28.9 Å². The number of aryl methyl sites for hydroxylation is 3. The fourth-order valence-corrected chi connectivity index (χ4v) is 3.09. The van der Waals surface area contributed by atoms with Crippen LogP contribution in [-0.4, -0.2) is 18.4 Å². The van der Waals surface area contributed by atoms with E-state index in [4.69, 9.17) is 4.74 Å². The molecule has 0 aromatic heterocycles. The summed E-state index contributed by atoms with van der Waals surface area (Å²) in [5.41, 5.74) is 9.64. The van der Waals surface area contributed by atoms with Crippen LogP contribution in [0.15, 0.2) is 42.5 Å². The zero-order valence-corrected chi connectivity index (χ0v) is 15.0. The second kappa shape index (κ2) is 8.52. The van der Waals surface area contributed by atoms with Crippen LogP contribution in [0.4, 0.5) is 0 Å². The van der Waals surface area contributed by atoms with E-state index in [0.29, 0.717) is 5.75 Å². The maximum Gasteiger partial charge on any atom is 0.276 e. The Kier molecular flexibility index (Phi) is 5.89. The van der Waals surface area contributed by atoms with Crippen LogP contribution in [0.5, 0.6) is 5.75 Å². The van der Waals surface area contributed by atoms with Crippen molar-refractivity contribution >= 4 is 11.8 Å². The summed E-state index contributed by atoms with van der Waals surface area (Å²) in [5, 5.41) is 0. The second-order valence-corrected chi connectivity index (χ2v) is 6.69. The average Bonchev–Trinajstić information content (AvgIpc) is 2.66. The number of hydrogen-bond donors (Lipinski definition) is 2. The molecule has 0 spiro atoms. The average molecular weight is 352 g/mol. The van der Waals surface area contributed by atoms with Gasteiger partial charge >= 0.3 is 0 Å². The predicted molar refractivity (Wildman–Crippen MR) is 99.7 cm³/mol. The van der Waals surface area contributed by atoms with Crippen LogP contribution >= 0.6 is 0 Å². The molecule has 1 aliphatic rings. The highest BCUT2D eigenvalue weighted by molar-refractivity contribution is 5.83. The molecule has 0 atom stereocenters. The molecule has 5 nitrogen and oxygen atoms in total. The molecule has 0 saturated heterocycles. The van der Waals surface area contributed by atoms with E-state index in [1.165, 1.54) is 24.0 Å². The summed E-state index contributed by atoms with van der Waals surface area (Å²) >= 11 is 0. The van der Waals surface area contributed by atoms with Gasteiger partial charge in [0.25, 0.3) is 5.91 Å². The Morgan fingerprint density at radius 1 is 0.923 bits per heavy atom. The molecule has 0 fully saturated rings. The van der Waals surface area contributed by atoms with Gasteiger partial charge < -0.3 is 4.74 Å². The van der Waals surface area contributed by atoms with Crippen molar-refractivity contribution in [3.8, 4) is 5.75 Å². The number of nitrogens with one attached hydrogen (secondary N) is 2. The van der Waals surface area contributed by atoms with Gasteiger partial charge in [0.05, 0.1) is 6.42 Å². The fourth-order valence-electron chi connectivity index (χ4n) is 3.09. The summed E-state index contributed by atoms with van der Waals surface area (Å²) < 4.78 is 5.37. The van der Waals surface area contributed by atoms with Crippen molar-refractivity contribution < 1.29 is 14.3 Å². The summed E-state index contributed by atoms with van der Waals surface area (Å²) in [7, 11) is 0. The van der Waals surface area contributed by atoms with E-state index < -0.39 is 5.91 Å². The summed E-state index contributed by atoms with van der Waals surface area (Å²) in [6.07, 6.45) is 4.90. The SMILES string of the molecule is Cc1ccc(OCC(=O)NNC(=O)Cc2ccc3c(c2)CCCC3)cc1. The minimum Gasteiger partial charge on any atom is -0.484 e. The van der Waals surface area contributed by atoms with Gasteiger partial charge in [0.1, 0.15) is 5.75 Å². The van der Waals surface area contributed by atoms with Gasteiger partial charge in [-0.15, -0.1) is 0 Å². The van der Waals surface area contributed by atoms with Gasteiger partial charge in [-0.1, -0.05) is 35.9 Å². The molecule has 2 amide bonds. The Hall–Kier alpha value is -2.82. The molecule has 3 rings (SSSR count). The van der Waals surface area contributed by atoms with Crippen molar-refractivity contribution in [2.45, 2.75) is 39.0 Å². The van der Waals surface area contributed by atoms with Crippen LogP contribution in [0, 0.1) is 6.92 Å². The van der Waals surface area contributed by atoms with Crippen molar-refractivity contribution in [3.63, 3.8) is 0 Å². The van der Waals surface area contributed by atoms with Crippen LogP contribution in [0.25, 0.3) is 0 Å². The van der Waals surface area contributed by atoms with Gasteiger partial charge in [-0.25, -0.2) is 0 Å². The Morgan fingerprint density at radius 2 is 1.62 bits per heavy atom. The lowest BCUT2D eigenvalue weighted by Gasteiger charge is -2.16. The molecule has 5 heteroatoms. The van der Waals surface area contributed by atoms with Crippen molar-refractivity contribution in [1.82, 2.24) is 10.9 Å². The first-order valence-electron chi connectivity index (χ1n) is 8.98. The summed E-state index contributed by atoms with van der Waals surface area (Å²) in [4.78, 5) is 23.8. The van der Waals surface area contributed by atoms with E-state index in [-0.39, 0.29) is 18.9 Å². The normalized spacial score (nSPS) is 12.8. The second-order valence-electron chi connectivity index (χ2n) is 6.69. The summed E-state index contributed by atoms with van der Waals surface area (Å²) in [5.74, 6) is -0.0278. The molecular formula is C21H24N2O3. The van der Waals surface area contributed by atoms with Gasteiger partial charge in [0, 0.05) is 0 Å². The smallest absolute Gasteiger partial charge is 0.276 e. The number of hydrogen-bond acceptors (Lipinski definition) is 3. The maximum atomic E-state index is 12.0. The monoisotopic (exact) mass is 352 g/mol. The van der Waals surface area contributed by atoms with Crippen LogP contribution in [0.1, 0.15) is 35.1 Å². The number of hydrazine groups is 1. The number of carbonyl (C=O) groups excluding carboxylic acids is 2. The molecule has 26 heavy (non-hydrogen) atoms. The lowest BCUT2D eigenvalue weighted by atomic mass is 9.90. The lowest BCUT2D eigenvalue weighted by molar-refractivity contribution is -0.129. The number of fused-ring (bicyclic) bond motifs is 1. The molecule has 1 aliphatic carbocycles. The number of ether oxygens (including phenoxy) is 1. The number of amides is 2. The molecule has 136 valence electrons. The molecule has 0 unspecified atom stereocenters. The largest absolute Gasteiger partial charge is 0.484 e. The standard InChI is InChI=1S/C21H24N2O3/c1-15-6-10-19(11-7-15)26-14-21(25)23-22-20(24)13-16-8-9-17-4-2-3-5-18(17)12-16/h6-12H,2-5,13-14H2,1H3,(H,22,24)(H,23,25). The molecule has 0 bridgehead atoms. The minimum atomic E-state index is -0.399. The van der Waals surface area contributed by atoms with Crippen LogP contribution in [0.2, 0.25) is 0 Å². The van der Waals surface area contributed by atoms with E-state index in [1.54, 1.807) is 12.1 Å². The molecule has 0 radical (unpaired) electrons. The van der Waals surface area contributed by atoms with E-state index in [2.05, 4.69) is 23.0 Å². The van der Waals surface area contributed by atoms with E-state index in [0.717, 1.165) is 24.0 Å². The van der Waals surface area contributed by atoms with Gasteiger partial charge in [-0.2, -0.15) is 0 Å². The highest BCUT2D eigenvalue weighted by Gasteiger charge is 2.11. The van der Waals surface area contributed by atoms with Gasteiger partial charge in [-0.05, 0) is 61.4 Å². The van der Waals surface area contributed by atoms with Crippen molar-refractivity contribution in [1.29, 1.82) is 0 Å². The quantitative estimate of drug-likeness (QED) is 0.813. The number of carbonyl (C=O) groups is 2. The number of benzene rings is 2. The van der Waals surface area contributed by atoms with E-state index >= 15 is 0 Å². The molecule has 0 saturated carbocycles. The Balaban J connectivity index is 1.42. The van der Waals surface area contributed by atoms with Gasteiger partial charge in [0.15, 0.2) is 6.61 Å². The van der Waals surface area contributed by atoms with Crippen LogP contribution in [0.3, 0.4) is 0 Å². The fraction of sp³-hybridized carbons (Fsp3) is 0.333. The first-order chi connectivity index (χ1) is 12.6. The zero-order valence-electron chi connectivity index (χ0n) is 15.0. The highest BCUT2D eigenvalue weighted by atomic mass is 16.5. The third-order valence-electron chi connectivity index (χ3n) is 4.51. The third-order valence-corrected chi connectivity index (χ3v) is 4.51. The topological polar surface area (TPSA) is 67.4 Å². The third kappa shape index (κ3) is 5.09. The minimum absolute atomic E-state index is 0.151. The molecule has 0 aliphatic heterocycles. The van der Waals surface area contributed by atoms with Crippen molar-refractivity contribution in [2.75, 3.05) is 6.61 Å². The first kappa shape index (κ1) is 18.0. The molecule has 0 heterocycles.